The molecule has 0 fully saturated rings. The summed E-state index contributed by atoms with van der Waals surface area (Å²) >= 11 is 0. The van der Waals surface area contributed by atoms with Gasteiger partial charge in [0.15, 0.2) is 0 Å². The Morgan fingerprint density at radius 2 is 1.83 bits per heavy atom. The van der Waals surface area contributed by atoms with E-state index in [1.807, 2.05) is 42.5 Å². The molecule has 3 aromatic heterocycles. The molecule has 0 aliphatic rings. The second-order valence-electron chi connectivity index (χ2n) is 4.86. The number of hydrogen-bond donors (Lipinski definition) is 0. The average Bonchev–Trinajstić information content (AvgIpc) is 3.05. The Labute approximate surface area is 131 Å². The van der Waals surface area contributed by atoms with E-state index >= 15 is 0 Å². The number of hydrogen-bond acceptors (Lipinski definition) is 4. The van der Waals surface area contributed by atoms with Gasteiger partial charge in [-0.25, -0.2) is 13.9 Å². The van der Waals surface area contributed by atoms with Crippen LogP contribution in [0.25, 0.3) is 17.0 Å². The van der Waals surface area contributed by atoms with Gasteiger partial charge in [0.05, 0.1) is 6.20 Å². The quantitative estimate of drug-likeness (QED) is 0.579. The Bertz CT molecular complexity index is 951. The van der Waals surface area contributed by atoms with Gasteiger partial charge in [0.1, 0.15) is 22.8 Å². The zero-order valence-corrected chi connectivity index (χ0v) is 11.9. The van der Waals surface area contributed by atoms with Crippen LogP contribution >= 0.6 is 0 Å². The highest BCUT2D eigenvalue weighted by atomic mass is 19.1. The summed E-state index contributed by atoms with van der Waals surface area (Å²) in [6.07, 6.45) is 2.93. The van der Waals surface area contributed by atoms with Crippen molar-refractivity contribution < 1.29 is 9.13 Å². The van der Waals surface area contributed by atoms with Crippen LogP contribution in [0.2, 0.25) is 0 Å². The van der Waals surface area contributed by atoms with Crippen molar-refractivity contribution in [2.24, 2.45) is 0 Å². The lowest BCUT2D eigenvalue weighted by molar-refractivity contribution is 0.464. The van der Waals surface area contributed by atoms with Crippen LogP contribution in [-0.2, 0) is 0 Å². The van der Waals surface area contributed by atoms with Crippen LogP contribution in [0.15, 0.2) is 67.0 Å². The summed E-state index contributed by atoms with van der Waals surface area (Å²) in [5, 5.41) is 4.38. The largest absolute Gasteiger partial charge is 0.437 e. The van der Waals surface area contributed by atoms with Gasteiger partial charge in [0.2, 0.25) is 11.7 Å². The molecule has 112 valence electrons. The number of aromatic nitrogens is 4. The van der Waals surface area contributed by atoms with Crippen molar-refractivity contribution in [1.82, 2.24) is 19.6 Å². The molecule has 0 bridgehead atoms. The number of nitrogens with zero attached hydrogens (tertiary/aromatic N) is 4. The molecule has 23 heavy (non-hydrogen) atoms. The van der Waals surface area contributed by atoms with E-state index < -0.39 is 5.82 Å². The lowest BCUT2D eigenvalue weighted by atomic mass is 10.3. The summed E-state index contributed by atoms with van der Waals surface area (Å²) in [7, 11) is 0. The van der Waals surface area contributed by atoms with E-state index in [-0.39, 0.29) is 0 Å². The maximum absolute atomic E-state index is 13.0. The van der Waals surface area contributed by atoms with Gasteiger partial charge in [0.25, 0.3) is 0 Å². The number of ether oxygens (including phenoxy) is 1. The monoisotopic (exact) mass is 306 g/mol. The van der Waals surface area contributed by atoms with Crippen molar-refractivity contribution in [2.75, 3.05) is 0 Å². The molecule has 3 heterocycles. The van der Waals surface area contributed by atoms with Crippen LogP contribution in [0.3, 0.4) is 0 Å². The highest BCUT2D eigenvalue weighted by molar-refractivity contribution is 5.60. The van der Waals surface area contributed by atoms with E-state index in [0.717, 1.165) is 11.7 Å². The van der Waals surface area contributed by atoms with Gasteiger partial charge in [-0.3, -0.25) is 0 Å². The van der Waals surface area contributed by atoms with Gasteiger partial charge < -0.3 is 4.74 Å². The van der Waals surface area contributed by atoms with Crippen molar-refractivity contribution >= 4 is 5.52 Å². The van der Waals surface area contributed by atoms with Gasteiger partial charge in [-0.2, -0.15) is 4.98 Å². The molecule has 0 saturated carbocycles. The predicted molar refractivity (Wildman–Crippen MR) is 82.7 cm³/mol. The summed E-state index contributed by atoms with van der Waals surface area (Å²) in [6, 6.07) is 15.9. The third kappa shape index (κ3) is 2.62. The minimum atomic E-state index is -0.406. The molecule has 0 atom stereocenters. The Balaban J connectivity index is 1.82. The smallest absolute Gasteiger partial charge is 0.247 e. The van der Waals surface area contributed by atoms with Crippen molar-refractivity contribution in [3.8, 4) is 23.1 Å². The van der Waals surface area contributed by atoms with Gasteiger partial charge in [-0.1, -0.05) is 18.2 Å². The molecular formula is C17H11FN4O. The fraction of sp³-hybridized carbons (Fsp3) is 0. The lowest BCUT2D eigenvalue weighted by Crippen LogP contribution is -2.01. The number of halogens is 1. The fourth-order valence-electron chi connectivity index (χ4n) is 2.20. The van der Waals surface area contributed by atoms with E-state index in [2.05, 4.69) is 15.1 Å². The first-order valence-corrected chi connectivity index (χ1v) is 7.00. The molecule has 0 amide bonds. The first kappa shape index (κ1) is 13.4. The fourth-order valence-corrected chi connectivity index (χ4v) is 2.20. The van der Waals surface area contributed by atoms with E-state index in [9.17, 15) is 4.39 Å². The van der Waals surface area contributed by atoms with Crippen molar-refractivity contribution in [3.63, 3.8) is 0 Å². The highest BCUT2D eigenvalue weighted by Crippen LogP contribution is 2.26. The highest BCUT2D eigenvalue weighted by Gasteiger charge is 2.12. The molecule has 4 aromatic rings. The number of pyridine rings is 1. The minimum Gasteiger partial charge on any atom is -0.437 e. The van der Waals surface area contributed by atoms with E-state index in [1.54, 1.807) is 10.7 Å². The number of rotatable bonds is 3. The second kappa shape index (κ2) is 5.49. The molecule has 0 aliphatic carbocycles. The topological polar surface area (TPSA) is 52.3 Å². The summed E-state index contributed by atoms with van der Waals surface area (Å²) in [5.74, 6) is 1.04. The Kier molecular flexibility index (Phi) is 3.20. The first-order chi connectivity index (χ1) is 11.3. The lowest BCUT2D eigenvalue weighted by Gasteiger charge is -2.08. The van der Waals surface area contributed by atoms with Crippen LogP contribution in [0.1, 0.15) is 0 Å². The Hall–Kier alpha value is -3.28. The molecule has 5 nitrogen and oxygen atoms in total. The standard InChI is InChI=1S/C17H11FN4O/c18-12-8-9-14(19-11-12)16-20-17(15-7-4-10-22(15)21-16)23-13-5-2-1-3-6-13/h1-11H. The number of fused-ring (bicyclic) bond motifs is 1. The van der Waals surface area contributed by atoms with Crippen LogP contribution in [0, 0.1) is 5.82 Å². The second-order valence-corrected chi connectivity index (χ2v) is 4.86. The number of para-hydroxylation sites is 1. The summed E-state index contributed by atoms with van der Waals surface area (Å²) in [5.41, 5.74) is 1.21. The molecule has 6 heteroatoms. The normalized spacial score (nSPS) is 10.8. The minimum absolute atomic E-state index is 0.361. The zero-order chi connectivity index (χ0) is 15.6. The van der Waals surface area contributed by atoms with Crippen LogP contribution in [0.5, 0.6) is 11.6 Å². The van der Waals surface area contributed by atoms with E-state index in [4.69, 9.17) is 4.74 Å². The van der Waals surface area contributed by atoms with E-state index in [1.165, 1.54) is 12.1 Å². The maximum atomic E-state index is 13.0. The summed E-state index contributed by atoms with van der Waals surface area (Å²) in [6.45, 7) is 0. The van der Waals surface area contributed by atoms with Gasteiger partial charge in [-0.05, 0) is 36.4 Å². The van der Waals surface area contributed by atoms with Crippen LogP contribution in [-0.4, -0.2) is 19.6 Å². The molecular weight excluding hydrogens is 295 g/mol. The Morgan fingerprint density at radius 1 is 0.957 bits per heavy atom. The summed E-state index contributed by atoms with van der Waals surface area (Å²) < 4.78 is 20.6. The Morgan fingerprint density at radius 3 is 2.61 bits per heavy atom. The van der Waals surface area contributed by atoms with Gasteiger partial charge in [0, 0.05) is 6.20 Å². The van der Waals surface area contributed by atoms with Crippen LogP contribution < -0.4 is 4.74 Å². The molecule has 0 aliphatic heterocycles. The van der Waals surface area contributed by atoms with Crippen LogP contribution in [0.4, 0.5) is 4.39 Å². The van der Waals surface area contributed by atoms with Crippen molar-refractivity contribution in [2.45, 2.75) is 0 Å². The molecule has 0 radical (unpaired) electrons. The molecule has 0 spiro atoms. The number of benzene rings is 1. The predicted octanol–water partition coefficient (Wildman–Crippen LogP) is 3.72. The van der Waals surface area contributed by atoms with Gasteiger partial charge >= 0.3 is 0 Å². The summed E-state index contributed by atoms with van der Waals surface area (Å²) in [4.78, 5) is 8.45. The van der Waals surface area contributed by atoms with Gasteiger partial charge in [-0.15, -0.1) is 5.10 Å². The average molecular weight is 306 g/mol. The van der Waals surface area contributed by atoms with E-state index in [0.29, 0.717) is 23.1 Å². The third-order valence-electron chi connectivity index (χ3n) is 3.27. The molecule has 0 saturated heterocycles. The molecule has 1 aromatic carbocycles. The van der Waals surface area contributed by atoms with Crippen molar-refractivity contribution in [3.05, 3.63) is 72.8 Å². The molecule has 0 unspecified atom stereocenters. The molecule has 4 rings (SSSR count). The maximum Gasteiger partial charge on any atom is 0.247 e. The van der Waals surface area contributed by atoms with Crippen molar-refractivity contribution in [1.29, 1.82) is 0 Å². The first-order valence-electron chi connectivity index (χ1n) is 7.00. The SMILES string of the molecule is Fc1ccc(-c2nc(Oc3ccccc3)c3cccn3n2)nc1. The molecule has 0 N–H and O–H groups in total. The third-order valence-corrected chi connectivity index (χ3v) is 3.27. The zero-order valence-electron chi connectivity index (χ0n) is 11.9.